The summed E-state index contributed by atoms with van der Waals surface area (Å²) in [4.78, 5) is 19.2. The third-order valence-electron chi connectivity index (χ3n) is 5.96. The van der Waals surface area contributed by atoms with E-state index in [0.717, 1.165) is 38.2 Å². The number of nitrogens with two attached hydrogens (primary N) is 1. The number of hydrogen-bond acceptors (Lipinski definition) is 5. The first-order valence-corrected chi connectivity index (χ1v) is 8.48. The quantitative estimate of drug-likeness (QED) is 0.894. The van der Waals surface area contributed by atoms with Crippen molar-refractivity contribution in [2.45, 2.75) is 51.0 Å². The smallest absolute Gasteiger partial charge is 0.229 e. The molecule has 1 aromatic heterocycles. The zero-order chi connectivity index (χ0) is 15.3. The van der Waals surface area contributed by atoms with Crippen molar-refractivity contribution >= 4 is 5.91 Å². The van der Waals surface area contributed by atoms with Gasteiger partial charge in [0.15, 0.2) is 5.82 Å². The lowest BCUT2D eigenvalue weighted by Crippen LogP contribution is -2.49. The average molecular weight is 304 g/mol. The van der Waals surface area contributed by atoms with Crippen LogP contribution in [0.4, 0.5) is 0 Å². The molecule has 1 saturated heterocycles. The summed E-state index contributed by atoms with van der Waals surface area (Å²) >= 11 is 0. The number of fused-ring (bicyclic) bond motifs is 2. The van der Waals surface area contributed by atoms with Crippen LogP contribution < -0.4 is 5.73 Å². The molecule has 1 aliphatic heterocycles. The molecule has 1 amide bonds. The van der Waals surface area contributed by atoms with E-state index in [1.165, 1.54) is 12.8 Å². The van der Waals surface area contributed by atoms with Crippen LogP contribution in [-0.4, -0.2) is 40.1 Å². The van der Waals surface area contributed by atoms with Crippen molar-refractivity contribution in [3.8, 4) is 0 Å². The highest BCUT2D eigenvalue weighted by atomic mass is 16.5. The van der Waals surface area contributed by atoms with Gasteiger partial charge in [0.05, 0.1) is 5.92 Å². The van der Waals surface area contributed by atoms with Crippen LogP contribution in [0.25, 0.3) is 0 Å². The Hall–Kier alpha value is -1.43. The van der Waals surface area contributed by atoms with Crippen LogP contribution in [0.15, 0.2) is 4.52 Å². The summed E-state index contributed by atoms with van der Waals surface area (Å²) in [7, 11) is 0. The van der Waals surface area contributed by atoms with Gasteiger partial charge in [0.2, 0.25) is 11.8 Å². The van der Waals surface area contributed by atoms with E-state index in [1.54, 1.807) is 0 Å². The Balaban J connectivity index is 1.38. The van der Waals surface area contributed by atoms with Gasteiger partial charge in [-0.05, 0) is 50.9 Å². The van der Waals surface area contributed by atoms with Crippen molar-refractivity contribution in [2.75, 3.05) is 13.1 Å². The molecular formula is C16H24N4O2. The fourth-order valence-electron chi connectivity index (χ4n) is 4.74. The van der Waals surface area contributed by atoms with Gasteiger partial charge in [0.25, 0.3) is 0 Å². The molecular weight excluding hydrogens is 280 g/mol. The molecule has 2 N–H and O–H groups in total. The molecule has 0 aromatic carbocycles. The van der Waals surface area contributed by atoms with E-state index in [2.05, 4.69) is 10.1 Å². The summed E-state index contributed by atoms with van der Waals surface area (Å²) in [6.45, 7) is 3.40. The summed E-state index contributed by atoms with van der Waals surface area (Å²) in [5, 5.41) is 3.86. The lowest BCUT2D eigenvalue weighted by atomic mass is 9.83. The largest absolute Gasteiger partial charge is 0.342 e. The van der Waals surface area contributed by atoms with Crippen molar-refractivity contribution in [2.24, 2.45) is 23.5 Å². The number of nitrogens with zero attached hydrogens (tertiary/aromatic N) is 3. The number of carbonyl (C=O) groups is 1. The van der Waals surface area contributed by atoms with Gasteiger partial charge in [-0.25, -0.2) is 0 Å². The molecule has 3 fully saturated rings. The van der Waals surface area contributed by atoms with E-state index in [0.29, 0.717) is 29.5 Å². The topological polar surface area (TPSA) is 85.2 Å². The second kappa shape index (κ2) is 5.33. The highest BCUT2D eigenvalue weighted by Gasteiger charge is 2.50. The van der Waals surface area contributed by atoms with Crippen LogP contribution >= 0.6 is 0 Å². The molecule has 0 radical (unpaired) electrons. The summed E-state index contributed by atoms with van der Waals surface area (Å²) < 4.78 is 5.27. The maximum atomic E-state index is 12.8. The lowest BCUT2D eigenvalue weighted by molar-refractivity contribution is -0.138. The maximum absolute atomic E-state index is 12.8. The molecule has 6 nitrogen and oxygen atoms in total. The first kappa shape index (κ1) is 14.2. The first-order chi connectivity index (χ1) is 10.6. The third kappa shape index (κ3) is 2.24. The Morgan fingerprint density at radius 3 is 2.55 bits per heavy atom. The number of piperidine rings is 1. The Labute approximate surface area is 130 Å². The monoisotopic (exact) mass is 304 g/mol. The predicted molar refractivity (Wildman–Crippen MR) is 79.9 cm³/mol. The van der Waals surface area contributed by atoms with Gasteiger partial charge in [-0.2, -0.15) is 4.98 Å². The molecule has 4 rings (SSSR count). The molecule has 3 aliphatic rings. The Kier molecular flexibility index (Phi) is 3.44. The Morgan fingerprint density at radius 1 is 1.23 bits per heavy atom. The van der Waals surface area contributed by atoms with E-state index in [9.17, 15) is 4.79 Å². The van der Waals surface area contributed by atoms with E-state index in [1.807, 2.05) is 11.8 Å². The highest BCUT2D eigenvalue weighted by Crippen LogP contribution is 2.48. The summed E-state index contributed by atoms with van der Waals surface area (Å²) in [5.41, 5.74) is 6.31. The fraction of sp³-hybridized carbons (Fsp3) is 0.812. The van der Waals surface area contributed by atoms with Gasteiger partial charge < -0.3 is 15.2 Å². The highest BCUT2D eigenvalue weighted by molar-refractivity contribution is 5.80. The zero-order valence-corrected chi connectivity index (χ0v) is 13.1. The number of likely N-dealkylation sites (tertiary alicyclic amines) is 1. The molecule has 120 valence electrons. The molecule has 0 spiro atoms. The predicted octanol–water partition coefficient (Wildman–Crippen LogP) is 1.46. The molecule has 4 unspecified atom stereocenters. The minimum Gasteiger partial charge on any atom is -0.342 e. The van der Waals surface area contributed by atoms with Crippen LogP contribution in [0, 0.1) is 24.7 Å². The maximum Gasteiger partial charge on any atom is 0.229 e. The Bertz CT molecular complexity index is 562. The van der Waals surface area contributed by atoms with Crippen LogP contribution in [-0.2, 0) is 4.79 Å². The molecule has 6 heteroatoms. The minimum absolute atomic E-state index is 0.0703. The van der Waals surface area contributed by atoms with Crippen molar-refractivity contribution in [3.05, 3.63) is 11.7 Å². The average Bonchev–Trinajstić information content (AvgIpc) is 3.23. The summed E-state index contributed by atoms with van der Waals surface area (Å²) in [5.74, 6) is 3.17. The van der Waals surface area contributed by atoms with Gasteiger partial charge in [0, 0.05) is 25.0 Å². The molecule has 2 saturated carbocycles. The summed E-state index contributed by atoms with van der Waals surface area (Å²) in [6.07, 6.45) is 5.38. The Morgan fingerprint density at radius 2 is 1.95 bits per heavy atom. The number of carbonyl (C=O) groups excluding carboxylic acids is 1. The number of hydrogen-bond donors (Lipinski definition) is 1. The van der Waals surface area contributed by atoms with Gasteiger partial charge >= 0.3 is 0 Å². The standard InChI is InChI=1S/C16H24N4O2/c1-9-18-15(22-19-9)10-4-6-20(7-5-10)16(21)13-11-2-3-12(8-11)14(13)17/h10-14H,2-8,17H2,1H3. The number of amides is 1. The van der Waals surface area contributed by atoms with Crippen molar-refractivity contribution in [1.29, 1.82) is 0 Å². The fourth-order valence-corrected chi connectivity index (χ4v) is 4.74. The van der Waals surface area contributed by atoms with Gasteiger partial charge in [-0.3, -0.25) is 4.79 Å². The minimum atomic E-state index is 0.0703. The molecule has 4 atom stereocenters. The van der Waals surface area contributed by atoms with Crippen LogP contribution in [0.5, 0.6) is 0 Å². The second-order valence-electron chi connectivity index (χ2n) is 7.22. The normalized spacial score (nSPS) is 35.3. The molecule has 22 heavy (non-hydrogen) atoms. The van der Waals surface area contributed by atoms with Crippen LogP contribution in [0.3, 0.4) is 0 Å². The second-order valence-corrected chi connectivity index (χ2v) is 7.22. The molecule has 1 aromatic rings. The summed E-state index contributed by atoms with van der Waals surface area (Å²) in [6, 6.07) is 0.0857. The van der Waals surface area contributed by atoms with Gasteiger partial charge in [-0.1, -0.05) is 5.16 Å². The van der Waals surface area contributed by atoms with Crippen molar-refractivity contribution in [1.82, 2.24) is 15.0 Å². The number of aromatic nitrogens is 2. The van der Waals surface area contributed by atoms with Gasteiger partial charge in [-0.15, -0.1) is 0 Å². The first-order valence-electron chi connectivity index (χ1n) is 8.48. The number of rotatable bonds is 2. The van der Waals surface area contributed by atoms with Gasteiger partial charge in [0.1, 0.15) is 0 Å². The number of aryl methyl sites for hydroxylation is 1. The molecule has 2 aliphatic carbocycles. The lowest BCUT2D eigenvalue weighted by Gasteiger charge is -2.36. The SMILES string of the molecule is Cc1noc(C2CCN(C(=O)C3C4CCC(C4)C3N)CC2)n1. The zero-order valence-electron chi connectivity index (χ0n) is 13.1. The van der Waals surface area contributed by atoms with Crippen molar-refractivity contribution < 1.29 is 9.32 Å². The van der Waals surface area contributed by atoms with Crippen LogP contribution in [0.2, 0.25) is 0 Å². The molecule has 2 heterocycles. The van der Waals surface area contributed by atoms with E-state index < -0.39 is 0 Å². The van der Waals surface area contributed by atoms with E-state index in [-0.39, 0.29) is 12.0 Å². The van der Waals surface area contributed by atoms with Crippen LogP contribution in [0.1, 0.15) is 49.7 Å². The van der Waals surface area contributed by atoms with E-state index >= 15 is 0 Å². The van der Waals surface area contributed by atoms with Crippen molar-refractivity contribution in [3.63, 3.8) is 0 Å². The van der Waals surface area contributed by atoms with E-state index in [4.69, 9.17) is 10.3 Å². The molecule has 2 bridgehead atoms. The third-order valence-corrected chi connectivity index (χ3v) is 5.96.